The van der Waals surface area contributed by atoms with Gasteiger partial charge in [-0.05, 0) is 42.9 Å². The number of rotatable bonds is 2. The maximum atomic E-state index is 2.30. The van der Waals surface area contributed by atoms with Crippen molar-refractivity contribution in [3.8, 4) is 0 Å². The lowest BCUT2D eigenvalue weighted by Crippen LogP contribution is -1.94. The van der Waals surface area contributed by atoms with Gasteiger partial charge in [0.1, 0.15) is 0 Å². The lowest BCUT2D eigenvalue weighted by atomic mass is 9.99. The van der Waals surface area contributed by atoms with Gasteiger partial charge >= 0.3 is 0 Å². The molecule has 0 aliphatic heterocycles. The molecule has 0 heterocycles. The molecule has 0 saturated carbocycles. The van der Waals surface area contributed by atoms with Crippen LogP contribution >= 0.6 is 0 Å². The molecule has 0 spiro atoms. The summed E-state index contributed by atoms with van der Waals surface area (Å²) in [7, 11) is 0. The second kappa shape index (κ2) is 6.64. The van der Waals surface area contributed by atoms with Crippen LogP contribution in [0.3, 0.4) is 0 Å². The van der Waals surface area contributed by atoms with Gasteiger partial charge in [0.05, 0.1) is 0 Å². The highest BCUT2D eigenvalue weighted by Crippen LogP contribution is 2.13. The predicted octanol–water partition coefficient (Wildman–Crippen LogP) is 4.53. The van der Waals surface area contributed by atoms with Crippen LogP contribution in [0.2, 0.25) is 0 Å². The van der Waals surface area contributed by atoms with E-state index < -0.39 is 0 Å². The van der Waals surface area contributed by atoms with E-state index in [2.05, 4.69) is 45.9 Å². The van der Waals surface area contributed by atoms with E-state index in [1.807, 2.05) is 13.8 Å². The van der Waals surface area contributed by atoms with Crippen LogP contribution in [0, 0.1) is 19.8 Å². The summed E-state index contributed by atoms with van der Waals surface area (Å²) >= 11 is 0. The minimum atomic E-state index is 0.757. The van der Waals surface area contributed by atoms with E-state index in [0.29, 0.717) is 0 Å². The molecule has 0 aliphatic rings. The van der Waals surface area contributed by atoms with Gasteiger partial charge in [0.2, 0.25) is 0 Å². The summed E-state index contributed by atoms with van der Waals surface area (Å²) in [4.78, 5) is 0. The lowest BCUT2D eigenvalue weighted by Gasteiger charge is -2.07. The molecule has 0 fully saturated rings. The Morgan fingerprint density at radius 3 is 2.00 bits per heavy atom. The van der Waals surface area contributed by atoms with E-state index in [9.17, 15) is 0 Å². The third-order valence-electron chi connectivity index (χ3n) is 2.22. The largest absolute Gasteiger partial charge is 0.0683 e. The van der Waals surface area contributed by atoms with Crippen LogP contribution in [0.4, 0.5) is 0 Å². The first kappa shape index (κ1) is 13.2. The molecule has 0 nitrogen and oxygen atoms in total. The van der Waals surface area contributed by atoms with Crippen molar-refractivity contribution in [3.05, 3.63) is 34.9 Å². The van der Waals surface area contributed by atoms with Crippen LogP contribution in [-0.4, -0.2) is 0 Å². The highest BCUT2D eigenvalue weighted by Gasteiger charge is 1.98. The molecule has 80 valence electrons. The number of benzene rings is 1. The summed E-state index contributed by atoms with van der Waals surface area (Å²) < 4.78 is 0. The van der Waals surface area contributed by atoms with Gasteiger partial charge < -0.3 is 0 Å². The zero-order chi connectivity index (χ0) is 11.1. The molecule has 0 heteroatoms. The standard InChI is InChI=1S/C12H18.C2H6/c1-9(2)7-12-6-5-10(3)11(4)8-12;1-2/h5-6,8-9H,7H2,1-4H3;1-2H3. The van der Waals surface area contributed by atoms with E-state index in [1.54, 1.807) is 0 Å². The molecule has 0 bridgehead atoms. The Morgan fingerprint density at radius 2 is 1.57 bits per heavy atom. The summed E-state index contributed by atoms with van der Waals surface area (Å²) in [5, 5.41) is 0. The lowest BCUT2D eigenvalue weighted by molar-refractivity contribution is 0.647. The van der Waals surface area contributed by atoms with Gasteiger partial charge in [0, 0.05) is 0 Å². The molecule has 0 radical (unpaired) electrons. The van der Waals surface area contributed by atoms with Gasteiger partial charge in [-0.2, -0.15) is 0 Å². The number of hydrogen-bond donors (Lipinski definition) is 0. The van der Waals surface area contributed by atoms with Crippen LogP contribution in [0.25, 0.3) is 0 Å². The third-order valence-corrected chi connectivity index (χ3v) is 2.22. The van der Waals surface area contributed by atoms with Crippen molar-refractivity contribution in [2.24, 2.45) is 5.92 Å². The van der Waals surface area contributed by atoms with Gasteiger partial charge in [0.15, 0.2) is 0 Å². The Hall–Kier alpha value is -0.780. The Kier molecular flexibility index (Phi) is 6.27. The highest BCUT2D eigenvalue weighted by molar-refractivity contribution is 5.29. The van der Waals surface area contributed by atoms with Crippen molar-refractivity contribution in [2.75, 3.05) is 0 Å². The second-order valence-corrected chi connectivity index (χ2v) is 4.02. The molecular weight excluding hydrogens is 168 g/mol. The average Bonchev–Trinajstić information content (AvgIpc) is 2.14. The quantitative estimate of drug-likeness (QED) is 0.646. The summed E-state index contributed by atoms with van der Waals surface area (Å²) in [6.07, 6.45) is 1.20. The Bertz CT molecular complexity index is 259. The van der Waals surface area contributed by atoms with Crippen LogP contribution < -0.4 is 0 Å². The zero-order valence-electron chi connectivity index (χ0n) is 10.5. The van der Waals surface area contributed by atoms with Crippen LogP contribution in [-0.2, 0) is 6.42 Å². The van der Waals surface area contributed by atoms with Crippen LogP contribution in [0.15, 0.2) is 18.2 Å². The minimum absolute atomic E-state index is 0.757. The number of hydrogen-bond acceptors (Lipinski definition) is 0. The molecule has 0 aliphatic carbocycles. The number of aryl methyl sites for hydroxylation is 2. The topological polar surface area (TPSA) is 0 Å². The van der Waals surface area contributed by atoms with Crippen molar-refractivity contribution in [3.63, 3.8) is 0 Å². The van der Waals surface area contributed by atoms with Crippen molar-refractivity contribution >= 4 is 0 Å². The monoisotopic (exact) mass is 192 g/mol. The molecule has 1 aromatic rings. The van der Waals surface area contributed by atoms with E-state index in [-0.39, 0.29) is 0 Å². The van der Waals surface area contributed by atoms with Crippen LogP contribution in [0.1, 0.15) is 44.4 Å². The highest BCUT2D eigenvalue weighted by atomic mass is 14.0. The fourth-order valence-electron chi connectivity index (χ4n) is 1.40. The average molecular weight is 192 g/mol. The third kappa shape index (κ3) is 4.45. The molecule has 14 heavy (non-hydrogen) atoms. The smallest absolute Gasteiger partial charge is 0.0256 e. The van der Waals surface area contributed by atoms with E-state index >= 15 is 0 Å². The first-order chi connectivity index (χ1) is 6.59. The molecular formula is C14H24. The SMILES string of the molecule is CC.Cc1ccc(CC(C)C)cc1C. The maximum Gasteiger partial charge on any atom is -0.0256 e. The van der Waals surface area contributed by atoms with Crippen LogP contribution in [0.5, 0.6) is 0 Å². The van der Waals surface area contributed by atoms with E-state index in [4.69, 9.17) is 0 Å². The zero-order valence-corrected chi connectivity index (χ0v) is 10.5. The second-order valence-electron chi connectivity index (χ2n) is 4.02. The molecule has 0 aromatic heterocycles. The summed E-state index contributed by atoms with van der Waals surface area (Å²) in [6.45, 7) is 12.9. The fourth-order valence-corrected chi connectivity index (χ4v) is 1.40. The molecule has 0 unspecified atom stereocenters. The minimum Gasteiger partial charge on any atom is -0.0683 e. The summed E-state index contributed by atoms with van der Waals surface area (Å²) in [5.41, 5.74) is 4.27. The van der Waals surface area contributed by atoms with Crippen molar-refractivity contribution in [1.82, 2.24) is 0 Å². The molecule has 0 atom stereocenters. The molecule has 1 aromatic carbocycles. The van der Waals surface area contributed by atoms with Gasteiger partial charge in [-0.1, -0.05) is 45.9 Å². The van der Waals surface area contributed by atoms with Gasteiger partial charge in [-0.3, -0.25) is 0 Å². The van der Waals surface area contributed by atoms with E-state index in [0.717, 1.165) is 5.92 Å². The van der Waals surface area contributed by atoms with Crippen molar-refractivity contribution in [2.45, 2.75) is 48.0 Å². The first-order valence-electron chi connectivity index (χ1n) is 5.65. The fraction of sp³-hybridized carbons (Fsp3) is 0.571. The Balaban J connectivity index is 0.000000791. The molecule has 0 saturated heterocycles. The van der Waals surface area contributed by atoms with Gasteiger partial charge in [-0.25, -0.2) is 0 Å². The first-order valence-corrected chi connectivity index (χ1v) is 5.65. The predicted molar refractivity (Wildman–Crippen MR) is 65.8 cm³/mol. The normalized spacial score (nSPS) is 9.64. The molecule has 0 amide bonds. The molecule has 0 N–H and O–H groups in total. The summed E-state index contributed by atoms with van der Waals surface area (Å²) in [6, 6.07) is 6.75. The summed E-state index contributed by atoms with van der Waals surface area (Å²) in [5.74, 6) is 0.757. The maximum absolute atomic E-state index is 2.30. The van der Waals surface area contributed by atoms with Gasteiger partial charge in [0.25, 0.3) is 0 Å². The Morgan fingerprint density at radius 1 is 1.00 bits per heavy atom. The van der Waals surface area contributed by atoms with Crippen molar-refractivity contribution in [1.29, 1.82) is 0 Å². The van der Waals surface area contributed by atoms with Crippen molar-refractivity contribution < 1.29 is 0 Å². The van der Waals surface area contributed by atoms with Gasteiger partial charge in [-0.15, -0.1) is 0 Å². The Labute approximate surface area is 89.4 Å². The van der Waals surface area contributed by atoms with E-state index in [1.165, 1.54) is 23.1 Å². The molecule has 1 rings (SSSR count).